The van der Waals surface area contributed by atoms with Crippen molar-refractivity contribution in [1.82, 2.24) is 14.9 Å². The van der Waals surface area contributed by atoms with Crippen molar-refractivity contribution < 1.29 is 9.18 Å². The number of rotatable bonds is 4. The first-order chi connectivity index (χ1) is 13.2. The summed E-state index contributed by atoms with van der Waals surface area (Å²) in [5.74, 6) is 0.579. The molecule has 1 aliphatic rings. The largest absolute Gasteiger partial charge is 0.340 e. The molecule has 0 bridgehead atoms. The van der Waals surface area contributed by atoms with E-state index in [4.69, 9.17) is 0 Å². The molecular weight excluding hydrogens is 343 g/mol. The van der Waals surface area contributed by atoms with Crippen LogP contribution in [0.4, 0.5) is 15.9 Å². The molecule has 1 aromatic heterocycles. The lowest BCUT2D eigenvalue weighted by Crippen LogP contribution is -2.28. The topological polar surface area (TPSA) is 58.1 Å². The van der Waals surface area contributed by atoms with E-state index in [2.05, 4.69) is 15.3 Å². The van der Waals surface area contributed by atoms with Gasteiger partial charge < -0.3 is 10.2 Å². The average Bonchev–Trinajstić information content (AvgIpc) is 3.24. The average molecular weight is 362 g/mol. The van der Waals surface area contributed by atoms with Crippen LogP contribution in [0.25, 0.3) is 11.4 Å². The predicted octanol–water partition coefficient (Wildman–Crippen LogP) is 4.26. The molecule has 5 nitrogen and oxygen atoms in total. The van der Waals surface area contributed by atoms with E-state index in [-0.39, 0.29) is 11.7 Å². The van der Waals surface area contributed by atoms with Gasteiger partial charge in [0.15, 0.2) is 5.82 Å². The molecule has 2 aromatic carbocycles. The molecule has 1 amide bonds. The van der Waals surface area contributed by atoms with Crippen molar-refractivity contribution >= 4 is 17.4 Å². The lowest BCUT2D eigenvalue weighted by atomic mass is 10.2. The molecule has 1 aliphatic heterocycles. The zero-order chi connectivity index (χ0) is 18.6. The van der Waals surface area contributed by atoms with Crippen molar-refractivity contribution in [3.05, 3.63) is 72.2 Å². The Hall–Kier alpha value is -3.28. The first-order valence-corrected chi connectivity index (χ1v) is 8.95. The van der Waals surface area contributed by atoms with Crippen LogP contribution in [0.1, 0.15) is 23.3 Å². The third kappa shape index (κ3) is 3.95. The SMILES string of the molecule is O=C(c1cc(Nc2ccc(F)cc2)nc(-c2ccccc2)n1)N1CCCC1. The Balaban J connectivity index is 1.71. The van der Waals surface area contributed by atoms with E-state index in [0.29, 0.717) is 23.0 Å². The van der Waals surface area contributed by atoms with E-state index in [9.17, 15) is 9.18 Å². The van der Waals surface area contributed by atoms with Crippen LogP contribution in [0, 0.1) is 5.82 Å². The highest BCUT2D eigenvalue weighted by Gasteiger charge is 2.22. The molecule has 1 fully saturated rings. The van der Waals surface area contributed by atoms with Crippen LogP contribution >= 0.6 is 0 Å². The number of halogens is 1. The number of benzene rings is 2. The van der Waals surface area contributed by atoms with Gasteiger partial charge >= 0.3 is 0 Å². The maximum absolute atomic E-state index is 13.2. The smallest absolute Gasteiger partial charge is 0.272 e. The Morgan fingerprint density at radius 2 is 1.67 bits per heavy atom. The van der Waals surface area contributed by atoms with Crippen molar-refractivity contribution in [3.8, 4) is 11.4 Å². The van der Waals surface area contributed by atoms with Gasteiger partial charge in [-0.25, -0.2) is 14.4 Å². The zero-order valence-corrected chi connectivity index (χ0v) is 14.7. The fourth-order valence-electron chi connectivity index (χ4n) is 3.10. The molecule has 2 heterocycles. The summed E-state index contributed by atoms with van der Waals surface area (Å²) >= 11 is 0. The van der Waals surface area contributed by atoms with Gasteiger partial charge in [-0.15, -0.1) is 0 Å². The first kappa shape index (κ1) is 17.1. The highest BCUT2D eigenvalue weighted by atomic mass is 19.1. The fraction of sp³-hybridized carbons (Fsp3) is 0.190. The number of nitrogens with one attached hydrogen (secondary N) is 1. The molecule has 0 unspecified atom stereocenters. The van der Waals surface area contributed by atoms with Gasteiger partial charge in [0.05, 0.1) is 0 Å². The van der Waals surface area contributed by atoms with E-state index in [1.807, 2.05) is 35.2 Å². The van der Waals surface area contributed by atoms with Crippen LogP contribution in [0.5, 0.6) is 0 Å². The van der Waals surface area contributed by atoms with Crippen LogP contribution in [-0.2, 0) is 0 Å². The highest BCUT2D eigenvalue weighted by molar-refractivity contribution is 5.93. The van der Waals surface area contributed by atoms with Gasteiger partial charge in [-0.1, -0.05) is 30.3 Å². The number of hydrogen-bond acceptors (Lipinski definition) is 4. The van der Waals surface area contributed by atoms with Crippen molar-refractivity contribution in [2.45, 2.75) is 12.8 Å². The fourth-order valence-corrected chi connectivity index (χ4v) is 3.10. The zero-order valence-electron chi connectivity index (χ0n) is 14.7. The summed E-state index contributed by atoms with van der Waals surface area (Å²) in [4.78, 5) is 23.7. The minimum absolute atomic E-state index is 0.0887. The van der Waals surface area contributed by atoms with Crippen molar-refractivity contribution in [3.63, 3.8) is 0 Å². The number of carbonyl (C=O) groups excluding carboxylic acids is 1. The van der Waals surface area contributed by atoms with E-state index >= 15 is 0 Å². The number of likely N-dealkylation sites (tertiary alicyclic amines) is 1. The van der Waals surface area contributed by atoms with Gasteiger partial charge in [-0.2, -0.15) is 0 Å². The second kappa shape index (κ2) is 7.53. The number of carbonyl (C=O) groups is 1. The molecule has 4 rings (SSSR count). The van der Waals surface area contributed by atoms with Gasteiger partial charge in [-0.05, 0) is 37.1 Å². The maximum atomic E-state index is 13.2. The molecule has 0 radical (unpaired) electrons. The summed E-state index contributed by atoms with van der Waals surface area (Å²) in [7, 11) is 0. The summed E-state index contributed by atoms with van der Waals surface area (Å²) in [6.45, 7) is 1.51. The minimum atomic E-state index is -0.307. The normalized spacial score (nSPS) is 13.6. The quantitative estimate of drug-likeness (QED) is 0.753. The molecule has 1 N–H and O–H groups in total. The number of anilines is 2. The van der Waals surface area contributed by atoms with Crippen molar-refractivity contribution in [2.75, 3.05) is 18.4 Å². The van der Waals surface area contributed by atoms with Crippen LogP contribution in [0.3, 0.4) is 0 Å². The van der Waals surface area contributed by atoms with Gasteiger partial charge in [-0.3, -0.25) is 4.79 Å². The molecule has 0 aliphatic carbocycles. The highest BCUT2D eigenvalue weighted by Crippen LogP contribution is 2.22. The van der Waals surface area contributed by atoms with Crippen molar-refractivity contribution in [2.24, 2.45) is 0 Å². The molecule has 27 heavy (non-hydrogen) atoms. The number of aromatic nitrogens is 2. The van der Waals surface area contributed by atoms with Crippen LogP contribution < -0.4 is 5.32 Å². The van der Waals surface area contributed by atoms with E-state index < -0.39 is 0 Å². The lowest BCUT2D eigenvalue weighted by molar-refractivity contribution is 0.0787. The Morgan fingerprint density at radius 1 is 0.963 bits per heavy atom. The van der Waals surface area contributed by atoms with E-state index in [0.717, 1.165) is 31.5 Å². The standard InChI is InChI=1S/C21H19FN4O/c22-16-8-10-17(11-9-16)23-19-14-18(21(27)26-12-4-5-13-26)24-20(25-19)15-6-2-1-3-7-15/h1-3,6-11,14H,4-5,12-13H2,(H,23,24,25). The maximum Gasteiger partial charge on any atom is 0.272 e. The van der Waals surface area contributed by atoms with Crippen LogP contribution in [-0.4, -0.2) is 33.9 Å². The summed E-state index contributed by atoms with van der Waals surface area (Å²) < 4.78 is 13.2. The molecular formula is C21H19FN4O. The predicted molar refractivity (Wildman–Crippen MR) is 102 cm³/mol. The summed E-state index contributed by atoms with van der Waals surface area (Å²) in [6, 6.07) is 17.2. The summed E-state index contributed by atoms with van der Waals surface area (Å²) in [5.41, 5.74) is 1.87. The first-order valence-electron chi connectivity index (χ1n) is 8.95. The summed E-state index contributed by atoms with van der Waals surface area (Å²) in [6.07, 6.45) is 2.03. The van der Waals surface area contributed by atoms with E-state index in [1.54, 1.807) is 18.2 Å². The molecule has 0 atom stereocenters. The van der Waals surface area contributed by atoms with Crippen LogP contribution in [0.2, 0.25) is 0 Å². The third-order valence-corrected chi connectivity index (χ3v) is 4.49. The second-order valence-electron chi connectivity index (χ2n) is 6.46. The third-order valence-electron chi connectivity index (χ3n) is 4.49. The molecule has 136 valence electrons. The lowest BCUT2D eigenvalue weighted by Gasteiger charge is -2.16. The van der Waals surface area contributed by atoms with E-state index in [1.165, 1.54) is 12.1 Å². The van der Waals surface area contributed by atoms with Gasteiger partial charge in [0.2, 0.25) is 0 Å². The summed E-state index contributed by atoms with van der Waals surface area (Å²) in [5, 5.41) is 3.14. The molecule has 3 aromatic rings. The Labute approximate surface area is 156 Å². The molecule has 1 saturated heterocycles. The molecule has 6 heteroatoms. The minimum Gasteiger partial charge on any atom is -0.340 e. The second-order valence-corrected chi connectivity index (χ2v) is 6.46. The molecule has 0 spiro atoms. The number of nitrogens with zero attached hydrogens (tertiary/aromatic N) is 3. The number of hydrogen-bond donors (Lipinski definition) is 1. The Morgan fingerprint density at radius 3 is 2.37 bits per heavy atom. The monoisotopic (exact) mass is 362 g/mol. The van der Waals surface area contributed by atoms with Crippen LogP contribution in [0.15, 0.2) is 60.7 Å². The number of amides is 1. The molecule has 0 saturated carbocycles. The Bertz CT molecular complexity index is 938. The van der Waals surface area contributed by atoms with Crippen molar-refractivity contribution in [1.29, 1.82) is 0 Å². The van der Waals surface area contributed by atoms with Gasteiger partial charge in [0, 0.05) is 30.4 Å². The van der Waals surface area contributed by atoms with Gasteiger partial charge in [0.1, 0.15) is 17.3 Å². The Kier molecular flexibility index (Phi) is 4.78. The van der Waals surface area contributed by atoms with Gasteiger partial charge in [0.25, 0.3) is 5.91 Å².